The Balaban J connectivity index is 1.74. The van der Waals surface area contributed by atoms with Crippen LogP contribution in [0.1, 0.15) is 5.56 Å². The molecule has 1 fully saturated rings. The van der Waals surface area contributed by atoms with Crippen LogP contribution in [-0.2, 0) is 0 Å². The van der Waals surface area contributed by atoms with E-state index in [0.29, 0.717) is 5.56 Å². The summed E-state index contributed by atoms with van der Waals surface area (Å²) >= 11 is 0. The highest BCUT2D eigenvalue weighted by atomic mass is 16.3. The Labute approximate surface area is 124 Å². The van der Waals surface area contributed by atoms with Gasteiger partial charge in [0.2, 0.25) is 0 Å². The van der Waals surface area contributed by atoms with Crippen molar-refractivity contribution in [3.05, 3.63) is 48.0 Å². The van der Waals surface area contributed by atoms with Crippen molar-refractivity contribution in [2.45, 2.75) is 6.92 Å². The van der Waals surface area contributed by atoms with E-state index < -0.39 is 0 Å². The molecule has 2 N–H and O–H groups in total. The molecule has 0 bridgehead atoms. The van der Waals surface area contributed by atoms with E-state index in [1.165, 1.54) is 5.69 Å². The van der Waals surface area contributed by atoms with E-state index in [4.69, 9.17) is 0 Å². The molecule has 0 aliphatic carbocycles. The van der Waals surface area contributed by atoms with E-state index in [9.17, 15) is 10.2 Å². The van der Waals surface area contributed by atoms with Crippen LogP contribution in [0, 0.1) is 6.92 Å². The fraction of sp³-hybridized carbons (Fsp3) is 0.294. The second kappa shape index (κ2) is 5.56. The maximum atomic E-state index is 10.2. The van der Waals surface area contributed by atoms with Crippen LogP contribution in [0.25, 0.3) is 0 Å². The van der Waals surface area contributed by atoms with Crippen LogP contribution in [0.2, 0.25) is 0 Å². The van der Waals surface area contributed by atoms with E-state index in [-0.39, 0.29) is 11.5 Å². The number of hydrogen-bond donors (Lipinski definition) is 2. The van der Waals surface area contributed by atoms with Gasteiger partial charge in [-0.05, 0) is 30.7 Å². The van der Waals surface area contributed by atoms with Gasteiger partial charge < -0.3 is 20.0 Å². The normalized spacial score (nSPS) is 15.3. The summed E-state index contributed by atoms with van der Waals surface area (Å²) in [7, 11) is 0. The Morgan fingerprint density at radius 1 is 0.857 bits per heavy atom. The molecule has 1 heterocycles. The molecule has 2 aromatic rings. The third-order valence-corrected chi connectivity index (χ3v) is 4.01. The molecule has 1 aliphatic rings. The Morgan fingerprint density at radius 3 is 2.14 bits per heavy atom. The van der Waals surface area contributed by atoms with Crippen molar-refractivity contribution in [1.29, 1.82) is 0 Å². The molecule has 0 atom stereocenters. The number of rotatable bonds is 2. The summed E-state index contributed by atoms with van der Waals surface area (Å²) in [5.74, 6) is 0.465. The van der Waals surface area contributed by atoms with Crippen LogP contribution in [0.4, 0.5) is 11.4 Å². The standard InChI is InChI=1S/C17H20N2O2/c1-13-11-15(20)12-16(17(13)21)19-9-7-18(8-10-19)14-5-3-2-4-6-14/h2-6,11-12,20-21H,7-10H2,1H3. The number of aryl methyl sites for hydroxylation is 1. The smallest absolute Gasteiger partial charge is 0.142 e. The van der Waals surface area contributed by atoms with Crippen molar-refractivity contribution in [2.24, 2.45) is 0 Å². The lowest BCUT2D eigenvalue weighted by Crippen LogP contribution is -2.46. The van der Waals surface area contributed by atoms with Gasteiger partial charge in [0.05, 0.1) is 5.69 Å². The molecule has 0 saturated carbocycles. The first-order valence-electron chi connectivity index (χ1n) is 7.22. The van der Waals surface area contributed by atoms with Crippen molar-refractivity contribution in [1.82, 2.24) is 0 Å². The fourth-order valence-corrected chi connectivity index (χ4v) is 2.83. The monoisotopic (exact) mass is 284 g/mol. The van der Waals surface area contributed by atoms with E-state index in [1.54, 1.807) is 19.1 Å². The van der Waals surface area contributed by atoms with E-state index in [2.05, 4.69) is 21.9 Å². The van der Waals surface area contributed by atoms with Crippen LogP contribution in [-0.4, -0.2) is 36.4 Å². The van der Waals surface area contributed by atoms with Gasteiger partial charge in [-0.2, -0.15) is 0 Å². The SMILES string of the molecule is Cc1cc(O)cc(N2CCN(c3ccccc3)CC2)c1O. The van der Waals surface area contributed by atoms with Gasteiger partial charge in [0.1, 0.15) is 11.5 Å². The number of para-hydroxylation sites is 1. The highest BCUT2D eigenvalue weighted by Gasteiger charge is 2.20. The predicted molar refractivity (Wildman–Crippen MR) is 85.4 cm³/mol. The van der Waals surface area contributed by atoms with Crippen LogP contribution >= 0.6 is 0 Å². The van der Waals surface area contributed by atoms with Crippen molar-refractivity contribution >= 4 is 11.4 Å². The molecule has 1 saturated heterocycles. The summed E-state index contributed by atoms with van der Waals surface area (Å²) < 4.78 is 0. The first-order chi connectivity index (χ1) is 10.1. The quantitative estimate of drug-likeness (QED) is 0.833. The van der Waals surface area contributed by atoms with Crippen LogP contribution in [0.3, 0.4) is 0 Å². The van der Waals surface area contributed by atoms with E-state index in [1.807, 2.05) is 18.2 Å². The van der Waals surface area contributed by atoms with E-state index in [0.717, 1.165) is 31.9 Å². The molecule has 4 heteroatoms. The van der Waals surface area contributed by atoms with E-state index >= 15 is 0 Å². The number of aromatic hydroxyl groups is 2. The van der Waals surface area contributed by atoms with Crippen molar-refractivity contribution in [3.63, 3.8) is 0 Å². The average molecular weight is 284 g/mol. The fourth-order valence-electron chi connectivity index (χ4n) is 2.83. The van der Waals surface area contributed by atoms with Gasteiger partial charge in [-0.25, -0.2) is 0 Å². The summed E-state index contributed by atoms with van der Waals surface area (Å²) in [5, 5.41) is 19.9. The lowest BCUT2D eigenvalue weighted by Gasteiger charge is -2.37. The van der Waals surface area contributed by atoms with Crippen molar-refractivity contribution in [3.8, 4) is 11.5 Å². The van der Waals surface area contributed by atoms with Gasteiger partial charge in [-0.15, -0.1) is 0 Å². The predicted octanol–water partition coefficient (Wildman–Crippen LogP) is 2.73. The second-order valence-electron chi connectivity index (χ2n) is 5.44. The minimum Gasteiger partial charge on any atom is -0.508 e. The first-order valence-corrected chi connectivity index (χ1v) is 7.22. The molecule has 2 aromatic carbocycles. The summed E-state index contributed by atoms with van der Waals surface area (Å²) in [4.78, 5) is 4.46. The molecule has 21 heavy (non-hydrogen) atoms. The number of phenolic OH excluding ortho intramolecular Hbond substituents is 2. The lowest BCUT2D eigenvalue weighted by atomic mass is 10.1. The van der Waals surface area contributed by atoms with Gasteiger partial charge in [0.25, 0.3) is 0 Å². The zero-order valence-electron chi connectivity index (χ0n) is 12.2. The molecular weight excluding hydrogens is 264 g/mol. The number of anilines is 2. The van der Waals surface area contributed by atoms with Crippen molar-refractivity contribution < 1.29 is 10.2 Å². The number of piperazine rings is 1. The number of hydrogen-bond acceptors (Lipinski definition) is 4. The summed E-state index contributed by atoms with van der Waals surface area (Å²) in [6.45, 7) is 5.26. The molecule has 0 spiro atoms. The van der Waals surface area contributed by atoms with Gasteiger partial charge in [-0.1, -0.05) is 18.2 Å². The van der Waals surface area contributed by atoms with Crippen LogP contribution < -0.4 is 9.80 Å². The van der Waals surface area contributed by atoms with Crippen LogP contribution in [0.15, 0.2) is 42.5 Å². The largest absolute Gasteiger partial charge is 0.508 e. The molecule has 0 radical (unpaired) electrons. The second-order valence-corrected chi connectivity index (χ2v) is 5.44. The Hall–Kier alpha value is -2.36. The molecule has 110 valence electrons. The van der Waals surface area contributed by atoms with Gasteiger partial charge in [-0.3, -0.25) is 0 Å². The van der Waals surface area contributed by atoms with Gasteiger partial charge >= 0.3 is 0 Å². The minimum atomic E-state index is 0.200. The maximum absolute atomic E-state index is 10.2. The highest BCUT2D eigenvalue weighted by molar-refractivity contribution is 5.65. The zero-order valence-corrected chi connectivity index (χ0v) is 12.2. The van der Waals surface area contributed by atoms with Crippen molar-refractivity contribution in [2.75, 3.05) is 36.0 Å². The number of phenols is 2. The maximum Gasteiger partial charge on any atom is 0.142 e. The average Bonchev–Trinajstić information content (AvgIpc) is 2.52. The molecule has 1 aliphatic heterocycles. The molecular formula is C17H20N2O2. The summed E-state index contributed by atoms with van der Waals surface area (Å²) in [5.41, 5.74) is 2.66. The summed E-state index contributed by atoms with van der Waals surface area (Å²) in [6.07, 6.45) is 0. The molecule has 4 nitrogen and oxygen atoms in total. The summed E-state index contributed by atoms with van der Waals surface area (Å²) in [6, 6.07) is 13.6. The molecule has 0 amide bonds. The zero-order chi connectivity index (χ0) is 14.8. The lowest BCUT2D eigenvalue weighted by molar-refractivity contribution is 0.454. The molecule has 3 rings (SSSR count). The topological polar surface area (TPSA) is 46.9 Å². The Morgan fingerprint density at radius 2 is 1.48 bits per heavy atom. The number of benzene rings is 2. The molecule has 0 unspecified atom stereocenters. The van der Waals surface area contributed by atoms with Gasteiger partial charge in [0, 0.05) is 37.9 Å². The number of nitrogens with zero attached hydrogens (tertiary/aromatic N) is 2. The first kappa shape index (κ1) is 13.6. The Kier molecular flexibility index (Phi) is 3.60. The van der Waals surface area contributed by atoms with Crippen LogP contribution in [0.5, 0.6) is 11.5 Å². The molecule has 0 aromatic heterocycles. The minimum absolute atomic E-state index is 0.200. The third kappa shape index (κ3) is 2.75. The highest BCUT2D eigenvalue weighted by Crippen LogP contribution is 2.35. The third-order valence-electron chi connectivity index (χ3n) is 4.01. The van der Waals surface area contributed by atoms with Gasteiger partial charge in [0.15, 0.2) is 0 Å². The Bertz CT molecular complexity index is 620.